The van der Waals surface area contributed by atoms with Crippen LogP contribution >= 0.6 is 11.3 Å². The van der Waals surface area contributed by atoms with Crippen molar-refractivity contribution in [2.24, 2.45) is 0 Å². The van der Waals surface area contributed by atoms with E-state index in [4.69, 9.17) is 9.52 Å². The highest BCUT2D eigenvalue weighted by Gasteiger charge is 2.23. The molecule has 0 saturated carbocycles. The van der Waals surface area contributed by atoms with Crippen LogP contribution in [0.25, 0.3) is 10.8 Å². The highest BCUT2D eigenvalue weighted by atomic mass is 32.1. The number of carbonyl (C=O) groups is 2. The molecule has 0 radical (unpaired) electrons. The number of carboxylic acid groups (broad SMARTS) is 1. The van der Waals surface area contributed by atoms with Crippen molar-refractivity contribution >= 4 is 23.2 Å². The number of carbonyl (C=O) groups excluding carboxylic acids is 1. The van der Waals surface area contributed by atoms with Crippen LogP contribution in [-0.2, 0) is 4.79 Å². The minimum Gasteiger partial charge on any atom is -0.480 e. The normalized spacial score (nSPS) is 10.7. The molecule has 7 heteroatoms. The average Bonchev–Trinajstić information content (AvgIpc) is 3.03. The summed E-state index contributed by atoms with van der Waals surface area (Å²) in [6.45, 7) is 5.58. The molecule has 0 aromatic carbocycles. The van der Waals surface area contributed by atoms with Gasteiger partial charge in [0.1, 0.15) is 17.2 Å². The second-order valence-electron chi connectivity index (χ2n) is 4.96. The molecule has 2 aromatic rings. The summed E-state index contributed by atoms with van der Waals surface area (Å²) < 4.78 is 5.52. The van der Waals surface area contributed by atoms with Crippen LogP contribution in [-0.4, -0.2) is 40.0 Å². The first-order valence-electron chi connectivity index (χ1n) is 6.97. The molecule has 0 aliphatic rings. The van der Waals surface area contributed by atoms with Crippen LogP contribution in [0.4, 0.5) is 0 Å². The van der Waals surface area contributed by atoms with Crippen molar-refractivity contribution in [2.75, 3.05) is 13.1 Å². The minimum atomic E-state index is -1.02. The van der Waals surface area contributed by atoms with E-state index in [-0.39, 0.29) is 12.5 Å². The molecule has 0 unspecified atom stereocenters. The summed E-state index contributed by atoms with van der Waals surface area (Å²) in [5, 5.41) is 9.57. The third-order valence-electron chi connectivity index (χ3n) is 3.05. The first-order chi connectivity index (χ1) is 10.4. The molecule has 0 fully saturated rings. The Hall–Kier alpha value is -2.15. The van der Waals surface area contributed by atoms with E-state index in [9.17, 15) is 9.59 Å². The largest absolute Gasteiger partial charge is 0.480 e. The van der Waals surface area contributed by atoms with Crippen molar-refractivity contribution in [3.63, 3.8) is 0 Å². The second-order valence-corrected chi connectivity index (χ2v) is 5.96. The van der Waals surface area contributed by atoms with Crippen LogP contribution in [0, 0.1) is 13.8 Å². The van der Waals surface area contributed by atoms with Gasteiger partial charge < -0.3 is 14.4 Å². The van der Waals surface area contributed by atoms with E-state index in [1.807, 2.05) is 26.0 Å². The van der Waals surface area contributed by atoms with Gasteiger partial charge in [-0.2, -0.15) is 0 Å². The Balaban J connectivity index is 2.29. The highest BCUT2D eigenvalue weighted by Crippen LogP contribution is 2.30. The maximum absolute atomic E-state index is 12.5. The fourth-order valence-corrected chi connectivity index (χ4v) is 3.07. The summed E-state index contributed by atoms with van der Waals surface area (Å²) in [5.41, 5.74) is 0.588. The molecule has 1 N–H and O–H groups in total. The monoisotopic (exact) mass is 322 g/mol. The number of thiazole rings is 1. The second kappa shape index (κ2) is 6.74. The van der Waals surface area contributed by atoms with E-state index in [1.54, 1.807) is 6.92 Å². The van der Waals surface area contributed by atoms with Gasteiger partial charge in [0.05, 0.1) is 5.69 Å². The quantitative estimate of drug-likeness (QED) is 0.884. The van der Waals surface area contributed by atoms with Crippen molar-refractivity contribution in [1.82, 2.24) is 9.88 Å². The molecule has 6 nitrogen and oxygen atoms in total. The molecule has 2 rings (SSSR count). The highest BCUT2D eigenvalue weighted by molar-refractivity contribution is 7.17. The summed E-state index contributed by atoms with van der Waals surface area (Å²) in [4.78, 5) is 29.6. The summed E-state index contributed by atoms with van der Waals surface area (Å²) in [6.07, 6.45) is 0.696. The predicted octanol–water partition coefficient (Wildman–Crippen LogP) is 2.96. The fourth-order valence-electron chi connectivity index (χ4n) is 2.08. The van der Waals surface area contributed by atoms with Gasteiger partial charge in [0.2, 0.25) is 0 Å². The van der Waals surface area contributed by atoms with Gasteiger partial charge in [-0.15, -0.1) is 11.3 Å². The average molecular weight is 322 g/mol. The van der Waals surface area contributed by atoms with E-state index < -0.39 is 5.97 Å². The molecular weight excluding hydrogens is 304 g/mol. The van der Waals surface area contributed by atoms with Gasteiger partial charge >= 0.3 is 5.97 Å². The van der Waals surface area contributed by atoms with Crippen LogP contribution in [0.2, 0.25) is 0 Å². The van der Waals surface area contributed by atoms with Crippen molar-refractivity contribution in [2.45, 2.75) is 27.2 Å². The van der Waals surface area contributed by atoms with Gasteiger partial charge in [0.15, 0.2) is 10.8 Å². The summed E-state index contributed by atoms with van der Waals surface area (Å²) in [5.74, 6) is 0.0683. The summed E-state index contributed by atoms with van der Waals surface area (Å²) in [6, 6.07) is 3.64. The van der Waals surface area contributed by atoms with Crippen molar-refractivity contribution < 1.29 is 19.1 Å². The molecule has 1 amide bonds. The van der Waals surface area contributed by atoms with Crippen LogP contribution in [0.3, 0.4) is 0 Å². The number of amides is 1. The lowest BCUT2D eigenvalue weighted by Gasteiger charge is -2.19. The maximum Gasteiger partial charge on any atom is 0.323 e. The number of carboxylic acids is 1. The lowest BCUT2D eigenvalue weighted by Crippen LogP contribution is -2.36. The van der Waals surface area contributed by atoms with Gasteiger partial charge in [0.25, 0.3) is 5.91 Å². The zero-order valence-electron chi connectivity index (χ0n) is 12.8. The van der Waals surface area contributed by atoms with Gasteiger partial charge in [-0.3, -0.25) is 9.59 Å². The molecule has 0 bridgehead atoms. The first-order valence-corrected chi connectivity index (χ1v) is 7.79. The van der Waals surface area contributed by atoms with Gasteiger partial charge in [-0.25, -0.2) is 4.98 Å². The van der Waals surface area contributed by atoms with Crippen LogP contribution < -0.4 is 0 Å². The molecule has 0 spiro atoms. The molecule has 0 atom stereocenters. The molecule has 2 heterocycles. The van der Waals surface area contributed by atoms with Crippen molar-refractivity contribution in [3.05, 3.63) is 28.5 Å². The first kappa shape index (κ1) is 16.2. The van der Waals surface area contributed by atoms with Crippen LogP contribution in [0.15, 0.2) is 16.5 Å². The summed E-state index contributed by atoms with van der Waals surface area (Å²) in [7, 11) is 0. The molecular formula is C15H18N2O4S. The van der Waals surface area contributed by atoms with E-state index in [1.165, 1.54) is 16.2 Å². The van der Waals surface area contributed by atoms with Crippen LogP contribution in [0.1, 0.15) is 34.5 Å². The molecule has 22 heavy (non-hydrogen) atoms. The van der Waals surface area contributed by atoms with E-state index in [0.29, 0.717) is 34.3 Å². The number of nitrogens with zero attached hydrogens (tertiary/aromatic N) is 2. The number of rotatable bonds is 6. The third-order valence-corrected chi connectivity index (χ3v) is 4.21. The molecule has 0 aliphatic heterocycles. The number of aromatic nitrogens is 1. The zero-order valence-corrected chi connectivity index (χ0v) is 13.6. The zero-order chi connectivity index (χ0) is 16.3. The van der Waals surface area contributed by atoms with Crippen LogP contribution in [0.5, 0.6) is 0 Å². The Bertz CT molecular complexity index is 690. The molecule has 0 aliphatic carbocycles. The Kier molecular flexibility index (Phi) is 4.97. The Morgan fingerprint density at radius 1 is 1.36 bits per heavy atom. The van der Waals surface area contributed by atoms with Gasteiger partial charge in [-0.1, -0.05) is 6.92 Å². The molecule has 2 aromatic heterocycles. The SMILES string of the molecule is CCCN(CC(=O)O)C(=O)c1sc(-c2ccc(C)o2)nc1C. The lowest BCUT2D eigenvalue weighted by molar-refractivity contribution is -0.137. The molecule has 118 valence electrons. The maximum atomic E-state index is 12.5. The topological polar surface area (TPSA) is 83.6 Å². The smallest absolute Gasteiger partial charge is 0.323 e. The lowest BCUT2D eigenvalue weighted by atomic mass is 10.3. The van der Waals surface area contributed by atoms with E-state index in [0.717, 1.165) is 5.76 Å². The number of aliphatic carboxylic acids is 1. The van der Waals surface area contributed by atoms with E-state index in [2.05, 4.69) is 4.98 Å². The minimum absolute atomic E-state index is 0.297. The number of furan rings is 1. The number of hydrogen-bond donors (Lipinski definition) is 1. The van der Waals surface area contributed by atoms with Gasteiger partial charge in [-0.05, 0) is 32.4 Å². The molecule has 0 saturated heterocycles. The van der Waals surface area contributed by atoms with Crippen molar-refractivity contribution in [3.8, 4) is 10.8 Å². The third kappa shape index (κ3) is 3.54. The van der Waals surface area contributed by atoms with Crippen molar-refractivity contribution in [1.29, 1.82) is 0 Å². The number of aryl methyl sites for hydroxylation is 2. The summed E-state index contributed by atoms with van der Waals surface area (Å²) >= 11 is 1.23. The Labute approximate surface area is 132 Å². The standard InChI is InChI=1S/C15H18N2O4S/c1-4-7-17(8-12(18)19)15(20)13-10(3)16-14(22-13)11-6-5-9(2)21-11/h5-6H,4,7-8H2,1-3H3,(H,18,19). The Morgan fingerprint density at radius 3 is 2.64 bits per heavy atom. The van der Waals surface area contributed by atoms with Gasteiger partial charge in [0, 0.05) is 6.54 Å². The Morgan fingerprint density at radius 2 is 2.09 bits per heavy atom. The predicted molar refractivity (Wildman–Crippen MR) is 83.1 cm³/mol. The fraction of sp³-hybridized carbons (Fsp3) is 0.400. The van der Waals surface area contributed by atoms with E-state index >= 15 is 0 Å². The number of hydrogen-bond acceptors (Lipinski definition) is 5.